The van der Waals surface area contributed by atoms with Gasteiger partial charge in [0.1, 0.15) is 0 Å². The third-order valence-corrected chi connectivity index (χ3v) is 2.97. The standard InChI is InChI=1S/C15H27N3O2/c1-5-6-13(7-8-19)10-16-15-17-12(4)9-14(18-15)20-11(2)3/h9,11,13,19H,5-8,10H2,1-4H3,(H,16,17,18). The van der Waals surface area contributed by atoms with Crippen molar-refractivity contribution < 1.29 is 9.84 Å². The van der Waals surface area contributed by atoms with E-state index in [-0.39, 0.29) is 12.7 Å². The summed E-state index contributed by atoms with van der Waals surface area (Å²) in [4.78, 5) is 8.73. The van der Waals surface area contributed by atoms with E-state index in [1.54, 1.807) is 0 Å². The maximum absolute atomic E-state index is 9.07. The fourth-order valence-electron chi connectivity index (χ4n) is 2.10. The minimum atomic E-state index is 0.0966. The first-order valence-electron chi connectivity index (χ1n) is 7.42. The van der Waals surface area contributed by atoms with Crippen molar-refractivity contribution in [1.29, 1.82) is 0 Å². The summed E-state index contributed by atoms with van der Waals surface area (Å²) < 4.78 is 5.61. The molecule has 114 valence electrons. The minimum Gasteiger partial charge on any atom is -0.475 e. The van der Waals surface area contributed by atoms with Gasteiger partial charge < -0.3 is 15.2 Å². The van der Waals surface area contributed by atoms with Gasteiger partial charge in [-0.25, -0.2) is 4.98 Å². The molecule has 1 rings (SSSR count). The molecule has 1 atom stereocenters. The van der Waals surface area contributed by atoms with E-state index in [9.17, 15) is 0 Å². The summed E-state index contributed by atoms with van der Waals surface area (Å²) >= 11 is 0. The van der Waals surface area contributed by atoms with Crippen LogP contribution in [0.5, 0.6) is 5.88 Å². The first-order chi connectivity index (χ1) is 9.55. The van der Waals surface area contributed by atoms with Crippen molar-refractivity contribution in [3.8, 4) is 5.88 Å². The molecule has 0 aliphatic rings. The van der Waals surface area contributed by atoms with Crippen molar-refractivity contribution in [3.63, 3.8) is 0 Å². The van der Waals surface area contributed by atoms with E-state index < -0.39 is 0 Å². The van der Waals surface area contributed by atoms with E-state index in [1.807, 2.05) is 26.8 Å². The van der Waals surface area contributed by atoms with Crippen LogP contribution in [0.4, 0.5) is 5.95 Å². The highest BCUT2D eigenvalue weighted by Crippen LogP contribution is 2.15. The minimum absolute atomic E-state index is 0.0966. The number of aliphatic hydroxyl groups is 1. The molecule has 0 spiro atoms. The van der Waals surface area contributed by atoms with Crippen LogP contribution in [0.25, 0.3) is 0 Å². The van der Waals surface area contributed by atoms with Crippen molar-refractivity contribution in [2.24, 2.45) is 5.92 Å². The van der Waals surface area contributed by atoms with Crippen LogP contribution < -0.4 is 10.1 Å². The Bertz CT molecular complexity index is 391. The number of ether oxygens (including phenoxy) is 1. The van der Waals surface area contributed by atoms with Gasteiger partial charge >= 0.3 is 0 Å². The van der Waals surface area contributed by atoms with Crippen molar-refractivity contribution in [1.82, 2.24) is 9.97 Å². The molecule has 1 unspecified atom stereocenters. The highest BCUT2D eigenvalue weighted by molar-refractivity contribution is 5.30. The number of hydrogen-bond donors (Lipinski definition) is 2. The SMILES string of the molecule is CCCC(CCO)CNc1nc(C)cc(OC(C)C)n1. The molecule has 0 saturated carbocycles. The number of anilines is 1. The van der Waals surface area contributed by atoms with Gasteiger partial charge in [0.2, 0.25) is 11.8 Å². The van der Waals surface area contributed by atoms with Gasteiger partial charge in [0.15, 0.2) is 0 Å². The van der Waals surface area contributed by atoms with Crippen molar-refractivity contribution >= 4 is 5.95 Å². The van der Waals surface area contributed by atoms with Gasteiger partial charge in [-0.3, -0.25) is 0 Å². The molecule has 1 aromatic heterocycles. The third-order valence-electron chi connectivity index (χ3n) is 2.97. The molecule has 0 bridgehead atoms. The highest BCUT2D eigenvalue weighted by Gasteiger charge is 2.09. The summed E-state index contributed by atoms with van der Waals surface area (Å²) in [5.74, 6) is 1.65. The molecule has 0 saturated heterocycles. The summed E-state index contributed by atoms with van der Waals surface area (Å²) in [6.45, 7) is 9.03. The molecule has 0 aliphatic heterocycles. The quantitative estimate of drug-likeness (QED) is 0.728. The molecule has 1 aromatic rings. The summed E-state index contributed by atoms with van der Waals surface area (Å²) in [5, 5.41) is 12.3. The Kier molecular flexibility index (Phi) is 7.30. The van der Waals surface area contributed by atoms with Crippen molar-refractivity contribution in [2.75, 3.05) is 18.5 Å². The molecule has 0 fully saturated rings. The van der Waals surface area contributed by atoms with Crippen molar-refractivity contribution in [2.45, 2.75) is 53.1 Å². The van der Waals surface area contributed by atoms with E-state index in [2.05, 4.69) is 22.2 Å². The largest absolute Gasteiger partial charge is 0.475 e. The van der Waals surface area contributed by atoms with Gasteiger partial charge in [-0.1, -0.05) is 13.3 Å². The second-order valence-electron chi connectivity index (χ2n) is 5.39. The Hall–Kier alpha value is -1.36. The van der Waals surface area contributed by atoms with E-state index in [0.717, 1.165) is 31.5 Å². The van der Waals surface area contributed by atoms with Crippen LogP contribution in [0, 0.1) is 12.8 Å². The first-order valence-corrected chi connectivity index (χ1v) is 7.42. The lowest BCUT2D eigenvalue weighted by Gasteiger charge is -2.16. The predicted molar refractivity (Wildman–Crippen MR) is 81.1 cm³/mol. The average molecular weight is 281 g/mol. The van der Waals surface area contributed by atoms with Crippen LogP contribution in [-0.2, 0) is 0 Å². The number of nitrogens with one attached hydrogen (secondary N) is 1. The number of aromatic nitrogens is 2. The molecule has 5 nitrogen and oxygen atoms in total. The maximum atomic E-state index is 9.07. The zero-order valence-electron chi connectivity index (χ0n) is 13.0. The summed E-state index contributed by atoms with van der Waals surface area (Å²) in [6.07, 6.45) is 3.11. The number of aryl methyl sites for hydroxylation is 1. The predicted octanol–water partition coefficient (Wildman–Crippen LogP) is 2.78. The van der Waals surface area contributed by atoms with Gasteiger partial charge in [-0.15, -0.1) is 0 Å². The number of aliphatic hydroxyl groups excluding tert-OH is 1. The third kappa shape index (κ3) is 6.19. The summed E-state index contributed by atoms with van der Waals surface area (Å²) in [7, 11) is 0. The zero-order valence-corrected chi connectivity index (χ0v) is 13.0. The second-order valence-corrected chi connectivity index (χ2v) is 5.39. The van der Waals surface area contributed by atoms with Crippen LogP contribution in [0.3, 0.4) is 0 Å². The topological polar surface area (TPSA) is 67.3 Å². The molecule has 0 aliphatic carbocycles. The molecule has 2 N–H and O–H groups in total. The second kappa shape index (κ2) is 8.74. The van der Waals surface area contributed by atoms with E-state index in [4.69, 9.17) is 9.84 Å². The Labute approximate surface area is 121 Å². The van der Waals surface area contributed by atoms with Gasteiger partial charge in [0.05, 0.1) is 6.10 Å². The molecule has 0 aromatic carbocycles. The van der Waals surface area contributed by atoms with Crippen LogP contribution in [0.2, 0.25) is 0 Å². The van der Waals surface area contributed by atoms with Crippen molar-refractivity contribution in [3.05, 3.63) is 11.8 Å². The Balaban J connectivity index is 2.63. The van der Waals surface area contributed by atoms with E-state index in [1.165, 1.54) is 0 Å². The molecular weight excluding hydrogens is 254 g/mol. The lowest BCUT2D eigenvalue weighted by molar-refractivity contribution is 0.232. The summed E-state index contributed by atoms with van der Waals surface area (Å²) in [5.41, 5.74) is 0.882. The molecular formula is C15H27N3O2. The van der Waals surface area contributed by atoms with E-state index in [0.29, 0.717) is 17.7 Å². The molecule has 0 amide bonds. The number of rotatable bonds is 9. The van der Waals surface area contributed by atoms with Crippen LogP contribution >= 0.6 is 0 Å². The summed E-state index contributed by atoms with van der Waals surface area (Å²) in [6, 6.07) is 1.84. The molecule has 5 heteroatoms. The lowest BCUT2D eigenvalue weighted by Crippen LogP contribution is -2.18. The highest BCUT2D eigenvalue weighted by atomic mass is 16.5. The maximum Gasteiger partial charge on any atom is 0.226 e. The normalized spacial score (nSPS) is 12.5. The number of nitrogens with zero attached hydrogens (tertiary/aromatic N) is 2. The van der Waals surface area contributed by atoms with Gasteiger partial charge in [0.25, 0.3) is 0 Å². The fraction of sp³-hybridized carbons (Fsp3) is 0.733. The van der Waals surface area contributed by atoms with Gasteiger partial charge in [-0.05, 0) is 39.5 Å². The Morgan fingerprint density at radius 1 is 1.30 bits per heavy atom. The van der Waals surface area contributed by atoms with Gasteiger partial charge in [0, 0.05) is 24.9 Å². The average Bonchev–Trinajstić information content (AvgIpc) is 2.35. The Morgan fingerprint density at radius 3 is 2.65 bits per heavy atom. The first kappa shape index (κ1) is 16.7. The number of hydrogen-bond acceptors (Lipinski definition) is 5. The lowest BCUT2D eigenvalue weighted by atomic mass is 10.0. The van der Waals surface area contributed by atoms with E-state index >= 15 is 0 Å². The fourth-order valence-corrected chi connectivity index (χ4v) is 2.10. The zero-order chi connectivity index (χ0) is 15.0. The Morgan fingerprint density at radius 2 is 2.05 bits per heavy atom. The van der Waals surface area contributed by atoms with Crippen LogP contribution in [0.1, 0.15) is 45.7 Å². The van der Waals surface area contributed by atoms with Crippen LogP contribution in [-0.4, -0.2) is 34.3 Å². The van der Waals surface area contributed by atoms with Gasteiger partial charge in [-0.2, -0.15) is 4.98 Å². The molecule has 1 heterocycles. The van der Waals surface area contributed by atoms with Crippen LogP contribution in [0.15, 0.2) is 6.07 Å². The smallest absolute Gasteiger partial charge is 0.226 e. The molecule has 20 heavy (non-hydrogen) atoms. The monoisotopic (exact) mass is 281 g/mol. The molecule has 0 radical (unpaired) electrons.